The summed E-state index contributed by atoms with van der Waals surface area (Å²) in [4.78, 5) is 18.2. The van der Waals surface area contributed by atoms with E-state index in [9.17, 15) is 9.18 Å². The Balaban J connectivity index is 1.62. The van der Waals surface area contributed by atoms with Crippen LogP contribution in [-0.4, -0.2) is 23.0 Å². The second-order valence-electron chi connectivity index (χ2n) is 7.24. The minimum Gasteiger partial charge on any atom is -0.302 e. The van der Waals surface area contributed by atoms with Crippen LogP contribution in [0.4, 0.5) is 9.52 Å². The Kier molecular flexibility index (Phi) is 6.04. The standard InChI is InChI=1S/C20H26FN3OS/c1-4-5-17(19(25)24-20-22-11-18(26-20)12(2)3)23-16-9-13-6-7-15(21)8-14(13)10-16/h6-8,11-12,16-17,23H,4-5,9-10H2,1-3H3,(H,22,24,25)/t16?,17-/m0/s1. The number of anilines is 1. The Morgan fingerprint density at radius 1 is 1.35 bits per heavy atom. The fourth-order valence-electron chi connectivity index (χ4n) is 3.37. The third-order valence-corrected chi connectivity index (χ3v) is 5.97. The molecular weight excluding hydrogens is 349 g/mol. The van der Waals surface area contributed by atoms with Gasteiger partial charge in [-0.05, 0) is 48.4 Å². The second kappa shape index (κ2) is 8.27. The largest absolute Gasteiger partial charge is 0.302 e. The monoisotopic (exact) mass is 375 g/mol. The van der Waals surface area contributed by atoms with Crippen LogP contribution in [0.1, 0.15) is 55.5 Å². The number of amides is 1. The van der Waals surface area contributed by atoms with Gasteiger partial charge in [-0.3, -0.25) is 4.79 Å². The molecule has 0 saturated heterocycles. The van der Waals surface area contributed by atoms with Crippen molar-refractivity contribution >= 4 is 22.4 Å². The van der Waals surface area contributed by atoms with E-state index in [0.717, 1.165) is 36.1 Å². The van der Waals surface area contributed by atoms with Crippen LogP contribution in [0.15, 0.2) is 24.4 Å². The highest BCUT2D eigenvalue weighted by atomic mass is 32.1. The number of fused-ring (bicyclic) bond motifs is 1. The second-order valence-corrected chi connectivity index (χ2v) is 8.30. The first-order chi connectivity index (χ1) is 12.5. The molecule has 0 spiro atoms. The van der Waals surface area contributed by atoms with E-state index in [2.05, 4.69) is 36.4 Å². The average molecular weight is 376 g/mol. The van der Waals surface area contributed by atoms with Gasteiger partial charge in [-0.25, -0.2) is 9.37 Å². The van der Waals surface area contributed by atoms with Crippen molar-refractivity contribution in [3.63, 3.8) is 0 Å². The summed E-state index contributed by atoms with van der Waals surface area (Å²) in [5.41, 5.74) is 2.21. The molecule has 0 fully saturated rings. The first kappa shape index (κ1) is 19.0. The van der Waals surface area contributed by atoms with Crippen LogP contribution in [-0.2, 0) is 17.6 Å². The number of nitrogens with zero attached hydrogens (tertiary/aromatic N) is 1. The number of nitrogens with one attached hydrogen (secondary N) is 2. The molecule has 2 N–H and O–H groups in total. The number of benzene rings is 1. The maximum Gasteiger partial charge on any atom is 0.243 e. The van der Waals surface area contributed by atoms with E-state index >= 15 is 0 Å². The summed E-state index contributed by atoms with van der Waals surface area (Å²) < 4.78 is 13.4. The van der Waals surface area contributed by atoms with Gasteiger partial charge in [0.2, 0.25) is 5.91 Å². The van der Waals surface area contributed by atoms with Crippen molar-refractivity contribution in [2.75, 3.05) is 5.32 Å². The van der Waals surface area contributed by atoms with Crippen LogP contribution in [0.25, 0.3) is 0 Å². The van der Waals surface area contributed by atoms with Crippen molar-refractivity contribution in [2.24, 2.45) is 0 Å². The zero-order valence-electron chi connectivity index (χ0n) is 15.5. The Bertz CT molecular complexity index is 774. The highest BCUT2D eigenvalue weighted by Crippen LogP contribution is 2.26. The zero-order chi connectivity index (χ0) is 18.7. The Hall–Kier alpha value is -1.79. The van der Waals surface area contributed by atoms with E-state index in [1.54, 1.807) is 6.07 Å². The van der Waals surface area contributed by atoms with Gasteiger partial charge in [-0.15, -0.1) is 11.3 Å². The Labute approximate surface area is 158 Å². The minimum atomic E-state index is -0.268. The molecule has 0 saturated carbocycles. The number of carbonyl (C=O) groups excluding carboxylic acids is 1. The molecule has 1 aromatic carbocycles. The van der Waals surface area contributed by atoms with Gasteiger partial charge in [0.15, 0.2) is 5.13 Å². The Morgan fingerprint density at radius 2 is 2.12 bits per heavy atom. The van der Waals surface area contributed by atoms with Crippen LogP contribution in [0.2, 0.25) is 0 Å². The van der Waals surface area contributed by atoms with Gasteiger partial charge in [0, 0.05) is 17.1 Å². The molecule has 1 aliphatic rings. The zero-order valence-corrected chi connectivity index (χ0v) is 16.3. The first-order valence-electron chi connectivity index (χ1n) is 9.26. The van der Waals surface area contributed by atoms with Gasteiger partial charge >= 0.3 is 0 Å². The summed E-state index contributed by atoms with van der Waals surface area (Å²) in [6, 6.07) is 4.86. The number of hydrogen-bond acceptors (Lipinski definition) is 4. The predicted molar refractivity (Wildman–Crippen MR) is 104 cm³/mol. The van der Waals surface area contributed by atoms with Crippen molar-refractivity contribution in [3.05, 3.63) is 46.2 Å². The van der Waals surface area contributed by atoms with Crippen molar-refractivity contribution in [1.29, 1.82) is 0 Å². The molecule has 26 heavy (non-hydrogen) atoms. The smallest absolute Gasteiger partial charge is 0.243 e. The summed E-state index contributed by atoms with van der Waals surface area (Å²) in [6.07, 6.45) is 5.09. The number of aromatic nitrogens is 1. The van der Waals surface area contributed by atoms with Crippen LogP contribution < -0.4 is 10.6 Å². The van der Waals surface area contributed by atoms with Gasteiger partial charge < -0.3 is 10.6 Å². The lowest BCUT2D eigenvalue weighted by atomic mass is 10.1. The minimum absolute atomic E-state index is 0.0429. The molecule has 2 atom stereocenters. The third-order valence-electron chi connectivity index (χ3n) is 4.75. The van der Waals surface area contributed by atoms with E-state index in [1.807, 2.05) is 12.3 Å². The molecule has 6 heteroatoms. The van der Waals surface area contributed by atoms with E-state index in [0.29, 0.717) is 11.0 Å². The number of thiazole rings is 1. The molecule has 0 bridgehead atoms. The van der Waals surface area contributed by atoms with Crippen LogP contribution in [0.3, 0.4) is 0 Å². The first-order valence-corrected chi connectivity index (χ1v) is 10.1. The molecular formula is C20H26FN3OS. The van der Waals surface area contributed by atoms with Crippen LogP contribution in [0, 0.1) is 5.82 Å². The lowest BCUT2D eigenvalue weighted by molar-refractivity contribution is -0.118. The maximum atomic E-state index is 13.4. The molecule has 2 aromatic rings. The summed E-state index contributed by atoms with van der Waals surface area (Å²) in [5, 5.41) is 7.08. The van der Waals surface area contributed by atoms with Crippen molar-refractivity contribution in [1.82, 2.24) is 10.3 Å². The molecule has 1 aliphatic carbocycles. The number of carbonyl (C=O) groups is 1. The summed E-state index contributed by atoms with van der Waals surface area (Å²) in [7, 11) is 0. The molecule has 1 heterocycles. The molecule has 1 amide bonds. The fourth-order valence-corrected chi connectivity index (χ4v) is 4.19. The molecule has 1 aromatic heterocycles. The maximum absolute atomic E-state index is 13.4. The summed E-state index contributed by atoms with van der Waals surface area (Å²) in [6.45, 7) is 6.29. The summed E-state index contributed by atoms with van der Waals surface area (Å²) in [5.74, 6) is 0.163. The molecule has 1 unspecified atom stereocenters. The number of hydrogen-bond donors (Lipinski definition) is 2. The van der Waals surface area contributed by atoms with E-state index in [-0.39, 0.29) is 23.8 Å². The van der Waals surface area contributed by atoms with Gasteiger partial charge in [0.1, 0.15) is 5.82 Å². The van der Waals surface area contributed by atoms with Crippen molar-refractivity contribution < 1.29 is 9.18 Å². The van der Waals surface area contributed by atoms with Crippen molar-refractivity contribution in [3.8, 4) is 0 Å². The van der Waals surface area contributed by atoms with Gasteiger partial charge in [0.05, 0.1) is 6.04 Å². The predicted octanol–water partition coefficient (Wildman–Crippen LogP) is 4.27. The van der Waals surface area contributed by atoms with E-state index in [4.69, 9.17) is 0 Å². The molecule has 4 nitrogen and oxygen atoms in total. The molecule has 0 radical (unpaired) electrons. The number of rotatable bonds is 7. The lowest BCUT2D eigenvalue weighted by Crippen LogP contribution is -2.46. The summed E-state index contributed by atoms with van der Waals surface area (Å²) >= 11 is 1.53. The Morgan fingerprint density at radius 3 is 2.81 bits per heavy atom. The fraction of sp³-hybridized carbons (Fsp3) is 0.500. The van der Waals surface area contributed by atoms with Gasteiger partial charge in [0.25, 0.3) is 0 Å². The molecule has 140 valence electrons. The van der Waals surface area contributed by atoms with Gasteiger partial charge in [-0.2, -0.15) is 0 Å². The highest BCUT2D eigenvalue weighted by Gasteiger charge is 2.27. The van der Waals surface area contributed by atoms with Crippen molar-refractivity contribution in [2.45, 2.75) is 64.5 Å². The van der Waals surface area contributed by atoms with Crippen LogP contribution in [0.5, 0.6) is 0 Å². The normalized spacial score (nSPS) is 17.3. The van der Waals surface area contributed by atoms with Gasteiger partial charge in [-0.1, -0.05) is 33.3 Å². The van der Waals surface area contributed by atoms with E-state index < -0.39 is 0 Å². The van der Waals surface area contributed by atoms with Crippen LogP contribution >= 0.6 is 11.3 Å². The highest BCUT2D eigenvalue weighted by molar-refractivity contribution is 7.15. The third kappa shape index (κ3) is 4.48. The molecule has 3 rings (SSSR count). The average Bonchev–Trinajstić information content (AvgIpc) is 3.20. The quantitative estimate of drug-likeness (QED) is 0.760. The topological polar surface area (TPSA) is 54.0 Å². The molecule has 0 aliphatic heterocycles. The SMILES string of the molecule is CCC[C@H](NC1Cc2ccc(F)cc2C1)C(=O)Nc1ncc(C(C)C)s1. The number of halogens is 1. The lowest BCUT2D eigenvalue weighted by Gasteiger charge is -2.21. The van der Waals surface area contributed by atoms with E-state index in [1.165, 1.54) is 23.0 Å².